The van der Waals surface area contributed by atoms with Crippen LogP contribution in [0.3, 0.4) is 0 Å². The molecule has 3 heteroatoms. The third-order valence-electron chi connectivity index (χ3n) is 1.76. The molecule has 56 valence electrons. The molecule has 0 unspecified atom stereocenters. The minimum Gasteiger partial charge on any atom is -0.315 e. The van der Waals surface area contributed by atoms with Crippen LogP contribution in [0.15, 0.2) is 0 Å². The van der Waals surface area contributed by atoms with Gasteiger partial charge in [-0.05, 0) is 27.1 Å². The summed E-state index contributed by atoms with van der Waals surface area (Å²) in [6, 6.07) is 0.787. The van der Waals surface area contributed by atoms with Crippen molar-refractivity contribution in [3.8, 4) is 0 Å². The van der Waals surface area contributed by atoms with E-state index in [4.69, 9.17) is 0 Å². The minimum absolute atomic E-state index is 0. The van der Waals surface area contributed by atoms with Crippen LogP contribution >= 0.6 is 12.4 Å². The summed E-state index contributed by atoms with van der Waals surface area (Å²) >= 11 is 0. The van der Waals surface area contributed by atoms with Gasteiger partial charge in [-0.2, -0.15) is 0 Å². The topological polar surface area (TPSA) is 15.3 Å². The van der Waals surface area contributed by atoms with Crippen molar-refractivity contribution in [1.29, 1.82) is 0 Å². The van der Waals surface area contributed by atoms with Gasteiger partial charge in [-0.1, -0.05) is 0 Å². The number of rotatable bonds is 1. The Bertz CT molecular complexity index is 69.5. The Morgan fingerprint density at radius 2 is 2.11 bits per heavy atom. The van der Waals surface area contributed by atoms with E-state index in [0.717, 1.165) is 6.04 Å². The minimum atomic E-state index is 0. The van der Waals surface area contributed by atoms with Crippen molar-refractivity contribution in [2.24, 2.45) is 0 Å². The SMILES string of the molecule is CN(C)[C@H]1CCNC1.Cl. The Hall–Kier alpha value is 0.210. The molecular weight excluding hydrogens is 136 g/mol. The van der Waals surface area contributed by atoms with Crippen molar-refractivity contribution in [2.75, 3.05) is 27.2 Å². The lowest BCUT2D eigenvalue weighted by atomic mass is 10.2. The lowest BCUT2D eigenvalue weighted by Crippen LogP contribution is -2.29. The van der Waals surface area contributed by atoms with E-state index < -0.39 is 0 Å². The summed E-state index contributed by atoms with van der Waals surface area (Å²) in [5.41, 5.74) is 0. The van der Waals surface area contributed by atoms with E-state index in [1.807, 2.05) is 0 Å². The Morgan fingerprint density at radius 3 is 2.33 bits per heavy atom. The van der Waals surface area contributed by atoms with Gasteiger partial charge in [0.15, 0.2) is 0 Å². The van der Waals surface area contributed by atoms with E-state index in [-0.39, 0.29) is 12.4 Å². The van der Waals surface area contributed by atoms with Gasteiger partial charge in [-0.3, -0.25) is 0 Å². The normalized spacial score (nSPS) is 26.3. The third-order valence-corrected chi connectivity index (χ3v) is 1.76. The van der Waals surface area contributed by atoms with E-state index in [9.17, 15) is 0 Å². The van der Waals surface area contributed by atoms with Gasteiger partial charge in [0.2, 0.25) is 0 Å². The van der Waals surface area contributed by atoms with Crippen LogP contribution in [0.4, 0.5) is 0 Å². The molecule has 9 heavy (non-hydrogen) atoms. The van der Waals surface area contributed by atoms with Gasteiger partial charge in [0, 0.05) is 12.6 Å². The summed E-state index contributed by atoms with van der Waals surface area (Å²) in [6.07, 6.45) is 1.31. The van der Waals surface area contributed by atoms with Gasteiger partial charge < -0.3 is 10.2 Å². The van der Waals surface area contributed by atoms with Gasteiger partial charge >= 0.3 is 0 Å². The first-order valence-corrected chi connectivity index (χ1v) is 3.18. The van der Waals surface area contributed by atoms with Crippen LogP contribution in [-0.4, -0.2) is 38.1 Å². The van der Waals surface area contributed by atoms with Crippen LogP contribution in [0.5, 0.6) is 0 Å². The summed E-state index contributed by atoms with van der Waals surface area (Å²) in [5, 5.41) is 3.31. The molecule has 2 nitrogen and oxygen atoms in total. The molecular formula is C6H15ClN2. The quantitative estimate of drug-likeness (QED) is 0.580. The Morgan fingerprint density at radius 1 is 1.44 bits per heavy atom. The molecule has 1 heterocycles. The van der Waals surface area contributed by atoms with Gasteiger partial charge in [-0.15, -0.1) is 12.4 Å². The first-order chi connectivity index (χ1) is 3.80. The van der Waals surface area contributed by atoms with Crippen molar-refractivity contribution in [1.82, 2.24) is 10.2 Å². The number of hydrogen-bond acceptors (Lipinski definition) is 2. The fraction of sp³-hybridized carbons (Fsp3) is 1.00. The maximum atomic E-state index is 3.31. The zero-order valence-corrected chi connectivity index (χ0v) is 6.87. The second kappa shape index (κ2) is 4.09. The van der Waals surface area contributed by atoms with Gasteiger partial charge in [-0.25, -0.2) is 0 Å². The molecule has 1 atom stereocenters. The largest absolute Gasteiger partial charge is 0.315 e. The molecule has 0 aromatic rings. The van der Waals surface area contributed by atoms with E-state index in [1.54, 1.807) is 0 Å². The molecule has 0 aromatic heterocycles. The summed E-state index contributed by atoms with van der Waals surface area (Å²) in [7, 11) is 4.27. The molecule has 0 saturated carbocycles. The van der Waals surface area contributed by atoms with E-state index >= 15 is 0 Å². The monoisotopic (exact) mass is 150 g/mol. The Balaban J connectivity index is 0.000000640. The summed E-state index contributed by atoms with van der Waals surface area (Å²) < 4.78 is 0. The van der Waals surface area contributed by atoms with Crippen LogP contribution in [0.1, 0.15) is 6.42 Å². The lowest BCUT2D eigenvalue weighted by Gasteiger charge is -2.16. The summed E-state index contributed by atoms with van der Waals surface area (Å²) in [6.45, 7) is 2.37. The highest BCUT2D eigenvalue weighted by atomic mass is 35.5. The number of nitrogens with zero attached hydrogens (tertiary/aromatic N) is 1. The molecule has 0 spiro atoms. The summed E-state index contributed by atoms with van der Waals surface area (Å²) in [5.74, 6) is 0. The van der Waals surface area contributed by atoms with Gasteiger partial charge in [0.25, 0.3) is 0 Å². The predicted molar refractivity (Wildman–Crippen MR) is 42.2 cm³/mol. The van der Waals surface area contributed by atoms with Gasteiger partial charge in [0.1, 0.15) is 0 Å². The van der Waals surface area contributed by atoms with Crippen LogP contribution in [0.25, 0.3) is 0 Å². The highest BCUT2D eigenvalue weighted by molar-refractivity contribution is 5.85. The van der Waals surface area contributed by atoms with Gasteiger partial charge in [0.05, 0.1) is 0 Å². The molecule has 1 fully saturated rings. The molecule has 1 aliphatic rings. The zero-order chi connectivity index (χ0) is 5.98. The smallest absolute Gasteiger partial charge is 0.0226 e. The molecule has 0 amide bonds. The molecule has 0 radical (unpaired) electrons. The molecule has 1 saturated heterocycles. The molecule has 1 N–H and O–H groups in total. The first kappa shape index (κ1) is 9.21. The number of likely N-dealkylation sites (N-methyl/N-ethyl adjacent to an activating group) is 1. The zero-order valence-electron chi connectivity index (χ0n) is 6.05. The number of nitrogens with one attached hydrogen (secondary N) is 1. The average Bonchev–Trinajstić information content (AvgIpc) is 2.12. The molecule has 0 aliphatic carbocycles. The van der Waals surface area contributed by atoms with Crippen molar-refractivity contribution in [2.45, 2.75) is 12.5 Å². The maximum absolute atomic E-state index is 3.31. The highest BCUT2D eigenvalue weighted by Gasteiger charge is 2.14. The van der Waals surface area contributed by atoms with Crippen LogP contribution < -0.4 is 5.32 Å². The third kappa shape index (κ3) is 2.52. The van der Waals surface area contributed by atoms with Crippen molar-refractivity contribution in [3.05, 3.63) is 0 Å². The number of hydrogen-bond donors (Lipinski definition) is 1. The fourth-order valence-electron chi connectivity index (χ4n) is 1.08. The fourth-order valence-corrected chi connectivity index (χ4v) is 1.08. The maximum Gasteiger partial charge on any atom is 0.0226 e. The van der Waals surface area contributed by atoms with Crippen molar-refractivity contribution >= 4 is 12.4 Å². The molecule has 0 bridgehead atoms. The second-order valence-electron chi connectivity index (χ2n) is 2.61. The Kier molecular flexibility index (Phi) is 4.19. The molecule has 1 aliphatic heterocycles. The van der Waals surface area contributed by atoms with Crippen LogP contribution in [0, 0.1) is 0 Å². The van der Waals surface area contributed by atoms with E-state index in [1.165, 1.54) is 19.5 Å². The first-order valence-electron chi connectivity index (χ1n) is 3.18. The predicted octanol–water partition coefficient (Wildman–Crippen LogP) is 0.332. The Labute approximate surface area is 63.0 Å². The van der Waals surface area contributed by atoms with E-state index in [2.05, 4.69) is 24.3 Å². The molecule has 0 aromatic carbocycles. The standard InChI is InChI=1S/C6H14N2.ClH/c1-8(2)6-3-4-7-5-6;/h6-7H,3-5H2,1-2H3;1H/t6-;/m0./s1. The summed E-state index contributed by atoms with van der Waals surface area (Å²) in [4.78, 5) is 2.28. The molecule has 1 rings (SSSR count). The van der Waals surface area contributed by atoms with Crippen LogP contribution in [-0.2, 0) is 0 Å². The van der Waals surface area contributed by atoms with Crippen LogP contribution in [0.2, 0.25) is 0 Å². The van der Waals surface area contributed by atoms with E-state index in [0.29, 0.717) is 0 Å². The van der Waals surface area contributed by atoms with Crippen molar-refractivity contribution in [3.63, 3.8) is 0 Å². The highest BCUT2D eigenvalue weighted by Crippen LogP contribution is 2.01. The van der Waals surface area contributed by atoms with Crippen molar-refractivity contribution < 1.29 is 0 Å². The lowest BCUT2D eigenvalue weighted by molar-refractivity contribution is 0.313. The second-order valence-corrected chi connectivity index (χ2v) is 2.61. The average molecular weight is 151 g/mol. The number of halogens is 1.